The van der Waals surface area contributed by atoms with E-state index in [1.54, 1.807) is 6.07 Å². The smallest absolute Gasteiger partial charge is 0.303 e. The van der Waals surface area contributed by atoms with Gasteiger partial charge in [-0.15, -0.1) is 0 Å². The van der Waals surface area contributed by atoms with Crippen molar-refractivity contribution >= 4 is 23.4 Å². The maximum atomic E-state index is 11.6. The molecule has 1 rings (SSSR count). The van der Waals surface area contributed by atoms with E-state index in [-0.39, 0.29) is 18.6 Å². The van der Waals surface area contributed by atoms with Gasteiger partial charge in [0, 0.05) is 17.0 Å². The number of carboxylic acids is 1. The van der Waals surface area contributed by atoms with Crippen LogP contribution in [0.3, 0.4) is 0 Å². The molecule has 0 aliphatic heterocycles. The van der Waals surface area contributed by atoms with Gasteiger partial charge in [0.15, 0.2) is 5.78 Å². The van der Waals surface area contributed by atoms with E-state index in [2.05, 4.69) is 0 Å². The number of carbonyl (C=O) groups is 2. The van der Waals surface area contributed by atoms with Crippen molar-refractivity contribution in [2.24, 2.45) is 0 Å². The molecule has 1 aromatic rings. The van der Waals surface area contributed by atoms with Crippen molar-refractivity contribution in [3.63, 3.8) is 0 Å². The summed E-state index contributed by atoms with van der Waals surface area (Å²) in [6.45, 7) is 0. The van der Waals surface area contributed by atoms with Crippen molar-refractivity contribution in [1.82, 2.24) is 0 Å². The molecule has 0 spiro atoms. The highest BCUT2D eigenvalue weighted by atomic mass is 35.5. The lowest BCUT2D eigenvalue weighted by Gasteiger charge is -2.04. The molecule has 1 aromatic carbocycles. The maximum Gasteiger partial charge on any atom is 0.303 e. The predicted molar refractivity (Wildman–Crippen MR) is 59.2 cm³/mol. The van der Waals surface area contributed by atoms with Gasteiger partial charge in [-0.25, -0.2) is 0 Å². The summed E-state index contributed by atoms with van der Waals surface area (Å²) in [5.74, 6) is -0.781. The first-order chi connectivity index (χ1) is 7.52. The van der Waals surface area contributed by atoms with Crippen molar-refractivity contribution in [3.05, 3.63) is 28.8 Å². The summed E-state index contributed by atoms with van der Waals surface area (Å²) in [5, 5.41) is 8.85. The van der Waals surface area contributed by atoms with Gasteiger partial charge < -0.3 is 9.84 Å². The van der Waals surface area contributed by atoms with Crippen LogP contribution in [-0.2, 0) is 4.79 Å². The molecule has 0 aliphatic carbocycles. The fourth-order valence-corrected chi connectivity index (χ4v) is 1.43. The Hall–Kier alpha value is -1.55. The lowest BCUT2D eigenvalue weighted by Crippen LogP contribution is -2.04. The number of Topliss-reactive ketones (excluding diaryl/α,β-unsaturated/α-hetero) is 1. The monoisotopic (exact) mass is 242 g/mol. The van der Waals surface area contributed by atoms with E-state index in [0.717, 1.165) is 0 Å². The molecule has 0 saturated carbocycles. The fraction of sp³-hybridized carbons (Fsp3) is 0.273. The highest BCUT2D eigenvalue weighted by Gasteiger charge is 2.10. The predicted octanol–water partition coefficient (Wildman–Crippen LogP) is 2.40. The highest BCUT2D eigenvalue weighted by Crippen LogP contribution is 2.21. The van der Waals surface area contributed by atoms with Gasteiger partial charge in [-0.3, -0.25) is 9.59 Å². The minimum Gasteiger partial charge on any atom is -0.497 e. The molecule has 0 amide bonds. The van der Waals surface area contributed by atoms with Gasteiger partial charge in [0.2, 0.25) is 0 Å². The maximum absolute atomic E-state index is 11.6. The van der Waals surface area contributed by atoms with Crippen LogP contribution in [0.2, 0.25) is 5.02 Å². The molecule has 0 aliphatic rings. The number of methoxy groups -OCH3 is 1. The Morgan fingerprint density at radius 1 is 1.31 bits per heavy atom. The standard InChI is InChI=1S/C11H11ClO4/c1-16-9-5-7(4-8(12)6-9)10(13)2-3-11(14)15/h4-6H,2-3H2,1H3,(H,14,15). The number of carboxylic acid groups (broad SMARTS) is 1. The molecule has 86 valence electrons. The topological polar surface area (TPSA) is 63.6 Å². The number of hydrogen-bond acceptors (Lipinski definition) is 3. The molecule has 1 N–H and O–H groups in total. The first-order valence-electron chi connectivity index (χ1n) is 4.62. The molecule has 4 nitrogen and oxygen atoms in total. The number of halogens is 1. The third kappa shape index (κ3) is 3.55. The van der Waals surface area contributed by atoms with E-state index in [0.29, 0.717) is 16.3 Å². The average molecular weight is 243 g/mol. The Balaban J connectivity index is 2.82. The van der Waals surface area contributed by atoms with Gasteiger partial charge in [0.1, 0.15) is 5.75 Å². The number of ketones is 1. The molecule has 0 radical (unpaired) electrons. The van der Waals surface area contributed by atoms with Crippen molar-refractivity contribution in [2.75, 3.05) is 7.11 Å². The molecule has 5 heteroatoms. The van der Waals surface area contributed by atoms with Crippen LogP contribution in [-0.4, -0.2) is 24.0 Å². The number of rotatable bonds is 5. The number of hydrogen-bond donors (Lipinski definition) is 1. The van der Waals surface area contributed by atoms with E-state index in [9.17, 15) is 9.59 Å². The van der Waals surface area contributed by atoms with E-state index < -0.39 is 5.97 Å². The normalized spacial score (nSPS) is 9.88. The van der Waals surface area contributed by atoms with E-state index in [1.165, 1.54) is 19.2 Å². The van der Waals surface area contributed by atoms with Gasteiger partial charge in [-0.1, -0.05) is 11.6 Å². The highest BCUT2D eigenvalue weighted by molar-refractivity contribution is 6.31. The zero-order valence-corrected chi connectivity index (χ0v) is 9.45. The Labute approximate surface area is 97.8 Å². The zero-order chi connectivity index (χ0) is 12.1. The van der Waals surface area contributed by atoms with Gasteiger partial charge in [0.05, 0.1) is 13.5 Å². The van der Waals surface area contributed by atoms with Crippen molar-refractivity contribution in [3.8, 4) is 5.75 Å². The van der Waals surface area contributed by atoms with Crippen LogP contribution in [0.5, 0.6) is 5.75 Å². The van der Waals surface area contributed by atoms with E-state index >= 15 is 0 Å². The SMILES string of the molecule is COc1cc(Cl)cc(C(=O)CCC(=O)O)c1. The molecular weight excluding hydrogens is 232 g/mol. The minimum atomic E-state index is -0.998. The fourth-order valence-electron chi connectivity index (χ4n) is 1.21. The summed E-state index contributed by atoms with van der Waals surface area (Å²) in [6.07, 6.45) is -0.230. The van der Waals surface area contributed by atoms with Crippen LogP contribution >= 0.6 is 11.6 Å². The van der Waals surface area contributed by atoms with Crippen molar-refractivity contribution in [2.45, 2.75) is 12.8 Å². The molecule has 16 heavy (non-hydrogen) atoms. The average Bonchev–Trinajstić information content (AvgIpc) is 2.24. The molecule has 0 aromatic heterocycles. The number of ether oxygens (including phenoxy) is 1. The lowest BCUT2D eigenvalue weighted by atomic mass is 10.1. The van der Waals surface area contributed by atoms with Gasteiger partial charge >= 0.3 is 5.97 Å². The summed E-state index contributed by atoms with van der Waals surface area (Å²) in [6, 6.07) is 4.61. The lowest BCUT2D eigenvalue weighted by molar-refractivity contribution is -0.136. The van der Waals surface area contributed by atoms with Gasteiger partial charge in [0.25, 0.3) is 0 Å². The second kappa shape index (κ2) is 5.51. The van der Waals surface area contributed by atoms with Crippen LogP contribution in [0.1, 0.15) is 23.2 Å². The summed E-state index contributed by atoms with van der Waals surface area (Å²) in [7, 11) is 1.47. The molecule has 0 saturated heterocycles. The number of carbonyl (C=O) groups excluding carboxylic acids is 1. The van der Waals surface area contributed by atoms with Crippen LogP contribution in [0, 0.1) is 0 Å². The molecule has 0 bridgehead atoms. The molecular formula is C11H11ClO4. The summed E-state index contributed by atoms with van der Waals surface area (Å²) >= 11 is 5.79. The Bertz CT molecular complexity index is 414. The third-order valence-corrected chi connectivity index (χ3v) is 2.21. The Morgan fingerprint density at radius 2 is 2.00 bits per heavy atom. The first-order valence-corrected chi connectivity index (χ1v) is 5.00. The van der Waals surface area contributed by atoms with Crippen molar-refractivity contribution in [1.29, 1.82) is 0 Å². The Kier molecular flexibility index (Phi) is 4.31. The zero-order valence-electron chi connectivity index (χ0n) is 8.70. The Morgan fingerprint density at radius 3 is 2.56 bits per heavy atom. The number of benzene rings is 1. The second-order valence-electron chi connectivity index (χ2n) is 3.20. The largest absolute Gasteiger partial charge is 0.497 e. The summed E-state index contributed by atoms with van der Waals surface area (Å²) < 4.78 is 4.96. The van der Waals surface area contributed by atoms with E-state index in [1.807, 2.05) is 0 Å². The third-order valence-electron chi connectivity index (χ3n) is 1.99. The van der Waals surface area contributed by atoms with Crippen molar-refractivity contribution < 1.29 is 19.4 Å². The molecule has 0 atom stereocenters. The van der Waals surface area contributed by atoms with Crippen LogP contribution < -0.4 is 4.74 Å². The molecule has 0 heterocycles. The quantitative estimate of drug-likeness (QED) is 0.806. The van der Waals surface area contributed by atoms with Crippen LogP contribution in [0.15, 0.2) is 18.2 Å². The molecule has 0 unspecified atom stereocenters. The number of aliphatic carboxylic acids is 1. The van der Waals surface area contributed by atoms with Crippen LogP contribution in [0.4, 0.5) is 0 Å². The first kappa shape index (κ1) is 12.5. The summed E-state index contributed by atoms with van der Waals surface area (Å²) in [4.78, 5) is 21.9. The second-order valence-corrected chi connectivity index (χ2v) is 3.63. The summed E-state index contributed by atoms with van der Waals surface area (Å²) in [5.41, 5.74) is 0.366. The molecule has 0 fully saturated rings. The van der Waals surface area contributed by atoms with E-state index in [4.69, 9.17) is 21.4 Å². The van der Waals surface area contributed by atoms with Gasteiger partial charge in [-0.05, 0) is 18.2 Å². The van der Waals surface area contributed by atoms with Crippen LogP contribution in [0.25, 0.3) is 0 Å². The minimum absolute atomic E-state index is 0.0428. The van der Waals surface area contributed by atoms with Gasteiger partial charge in [-0.2, -0.15) is 0 Å².